The first-order valence-corrected chi connectivity index (χ1v) is 15.0. The van der Waals surface area contributed by atoms with Gasteiger partial charge < -0.3 is 19.1 Å². The fourth-order valence-corrected chi connectivity index (χ4v) is 5.80. The Morgan fingerprint density at radius 1 is 0.733 bits per heavy atom. The smallest absolute Gasteiger partial charge is 0.135 e. The van der Waals surface area contributed by atoms with E-state index in [1.54, 1.807) is 6.20 Å². The number of hydrogen-bond donors (Lipinski definition) is 0. The third-order valence-electron chi connectivity index (χ3n) is 8.29. The molecule has 0 unspecified atom stereocenters. The molecule has 1 aliphatic heterocycles. The number of pyridine rings is 2. The van der Waals surface area contributed by atoms with Gasteiger partial charge in [-0.25, -0.2) is 4.98 Å². The first-order valence-electron chi connectivity index (χ1n) is 15.0. The predicted molar refractivity (Wildman–Crippen MR) is 179 cm³/mol. The number of benzene rings is 3. The van der Waals surface area contributed by atoms with E-state index in [1.807, 2.05) is 18.3 Å². The summed E-state index contributed by atoms with van der Waals surface area (Å²) in [5.41, 5.74) is 7.65. The van der Waals surface area contributed by atoms with Gasteiger partial charge in [-0.05, 0) is 70.9 Å². The van der Waals surface area contributed by atoms with E-state index in [-0.39, 0.29) is 31.9 Å². The molecule has 7 heteroatoms. The predicted octanol–water partition coefficient (Wildman–Crippen LogP) is 9.27. The van der Waals surface area contributed by atoms with Crippen LogP contribution in [0.2, 0.25) is 0 Å². The second-order valence-electron chi connectivity index (χ2n) is 13.5. The molecule has 0 spiro atoms. The third kappa shape index (κ3) is 5.61. The van der Waals surface area contributed by atoms with Crippen LogP contribution in [0.15, 0.2) is 85.2 Å². The van der Waals surface area contributed by atoms with E-state index in [2.05, 4.69) is 147 Å². The maximum atomic E-state index is 6.32. The minimum atomic E-state index is -0.00206. The summed E-state index contributed by atoms with van der Waals surface area (Å²) in [6.07, 6.45) is 3.64. The fourth-order valence-electron chi connectivity index (χ4n) is 5.80. The molecule has 45 heavy (non-hydrogen) atoms. The van der Waals surface area contributed by atoms with Gasteiger partial charge >= 0.3 is 0 Å². The van der Waals surface area contributed by atoms with Crippen molar-refractivity contribution in [3.8, 4) is 17.4 Å². The van der Waals surface area contributed by atoms with E-state index in [1.165, 1.54) is 11.1 Å². The molecule has 0 bridgehead atoms. The van der Waals surface area contributed by atoms with Crippen molar-refractivity contribution in [2.45, 2.75) is 52.4 Å². The van der Waals surface area contributed by atoms with Crippen LogP contribution < -0.4 is 14.5 Å². The average Bonchev–Trinajstić information content (AvgIpc) is 3.50. The van der Waals surface area contributed by atoms with Crippen LogP contribution in [0.5, 0.6) is 11.6 Å². The van der Waals surface area contributed by atoms with E-state index >= 15 is 0 Å². The van der Waals surface area contributed by atoms with E-state index in [0.717, 1.165) is 44.7 Å². The number of aromatic nitrogens is 3. The van der Waals surface area contributed by atoms with E-state index < -0.39 is 0 Å². The van der Waals surface area contributed by atoms with Gasteiger partial charge in [0.1, 0.15) is 11.7 Å². The van der Waals surface area contributed by atoms with Gasteiger partial charge in [0.05, 0.1) is 0 Å². The van der Waals surface area contributed by atoms with Gasteiger partial charge in [0, 0.05) is 49.9 Å². The quantitative estimate of drug-likeness (QED) is 0.167. The zero-order valence-corrected chi connectivity index (χ0v) is 28.9. The van der Waals surface area contributed by atoms with Gasteiger partial charge in [-0.2, -0.15) is 30.6 Å². The molecule has 0 atom stereocenters. The van der Waals surface area contributed by atoms with Crippen molar-refractivity contribution in [1.29, 1.82) is 0 Å². The maximum Gasteiger partial charge on any atom is 0.135 e. The number of hydrogen-bond acceptors (Lipinski definition) is 5. The molecular formula is C38H36N5OPt-3. The van der Waals surface area contributed by atoms with Crippen LogP contribution >= 0.6 is 0 Å². The largest absolute Gasteiger partial charge is 0.504 e. The van der Waals surface area contributed by atoms with Crippen molar-refractivity contribution >= 4 is 38.9 Å². The zero-order valence-electron chi connectivity index (χ0n) is 26.6. The molecule has 0 N–H and O–H groups in total. The Hall–Kier alpha value is -4.15. The molecule has 0 amide bonds. The number of fused-ring (bicyclic) bond motifs is 4. The SMILES string of the molecule is CN1[CH-]N(c2[c-]c(Oc3[c-]c4c(cc3)c3ccccc3n4-c3cc(C(C)(C)C)ccn3)ncc2)c2ccc(C(C)(C)C)cc21.[Pt]. The number of para-hydroxylation sites is 1. The maximum absolute atomic E-state index is 6.32. The van der Waals surface area contributed by atoms with Crippen LogP contribution in [-0.4, -0.2) is 21.6 Å². The summed E-state index contributed by atoms with van der Waals surface area (Å²) >= 11 is 0. The van der Waals surface area contributed by atoms with E-state index in [9.17, 15) is 0 Å². The monoisotopic (exact) mass is 773 g/mol. The van der Waals surface area contributed by atoms with Crippen molar-refractivity contribution in [2.24, 2.45) is 0 Å². The van der Waals surface area contributed by atoms with Gasteiger partial charge in [-0.3, -0.25) is 4.98 Å². The second kappa shape index (κ2) is 11.3. The molecular weight excluding hydrogens is 738 g/mol. The molecule has 3 aromatic heterocycles. The molecule has 7 rings (SSSR count). The average molecular weight is 774 g/mol. The zero-order chi connectivity index (χ0) is 30.8. The number of rotatable bonds is 4. The van der Waals surface area contributed by atoms with E-state index in [4.69, 9.17) is 9.72 Å². The number of anilines is 3. The Bertz CT molecular complexity index is 2040. The van der Waals surface area contributed by atoms with Crippen molar-refractivity contribution in [3.63, 3.8) is 0 Å². The topological polar surface area (TPSA) is 46.4 Å². The Morgan fingerprint density at radius 2 is 1.47 bits per heavy atom. The van der Waals surface area contributed by atoms with Crippen LogP contribution in [0.25, 0.3) is 27.6 Å². The van der Waals surface area contributed by atoms with Gasteiger partial charge in [0.15, 0.2) is 0 Å². The summed E-state index contributed by atoms with van der Waals surface area (Å²) in [5.74, 6) is 1.79. The molecule has 0 aliphatic carbocycles. The summed E-state index contributed by atoms with van der Waals surface area (Å²) in [7, 11) is 2.07. The molecule has 6 aromatic rings. The normalized spacial score (nSPS) is 13.3. The van der Waals surface area contributed by atoms with Crippen molar-refractivity contribution in [2.75, 3.05) is 16.8 Å². The van der Waals surface area contributed by atoms with Crippen LogP contribution in [0.4, 0.5) is 17.1 Å². The first kappa shape index (κ1) is 30.9. The Kier molecular flexibility index (Phi) is 7.77. The Labute approximate surface area is 279 Å². The molecule has 3 aromatic carbocycles. The van der Waals surface area contributed by atoms with Gasteiger partial charge in [0.2, 0.25) is 0 Å². The van der Waals surface area contributed by atoms with Crippen molar-refractivity contribution < 1.29 is 25.8 Å². The van der Waals surface area contributed by atoms with Crippen LogP contribution in [0.1, 0.15) is 52.7 Å². The van der Waals surface area contributed by atoms with Crippen LogP contribution in [0, 0.1) is 18.8 Å². The van der Waals surface area contributed by atoms with Gasteiger partial charge in [-0.15, -0.1) is 17.5 Å². The molecule has 1 aliphatic rings. The van der Waals surface area contributed by atoms with Crippen LogP contribution in [-0.2, 0) is 31.9 Å². The first-order chi connectivity index (χ1) is 21.0. The minimum absolute atomic E-state index is 0. The molecule has 0 fully saturated rings. The second-order valence-corrected chi connectivity index (χ2v) is 13.5. The molecule has 232 valence electrons. The minimum Gasteiger partial charge on any atom is -0.504 e. The summed E-state index contributed by atoms with van der Waals surface area (Å²) < 4.78 is 8.48. The van der Waals surface area contributed by atoms with Gasteiger partial charge in [-0.1, -0.05) is 71.3 Å². The van der Waals surface area contributed by atoms with Crippen LogP contribution in [0.3, 0.4) is 0 Å². The summed E-state index contributed by atoms with van der Waals surface area (Å²) in [5, 5.41) is 2.23. The van der Waals surface area contributed by atoms with Crippen molar-refractivity contribution in [3.05, 3.63) is 115 Å². The molecule has 6 nitrogen and oxygen atoms in total. The van der Waals surface area contributed by atoms with Gasteiger partial charge in [0.25, 0.3) is 0 Å². The Balaban J connectivity index is 0.00000357. The molecule has 0 radical (unpaired) electrons. The fraction of sp³-hybridized carbons (Fsp3) is 0.237. The summed E-state index contributed by atoms with van der Waals surface area (Å²) in [6.45, 7) is 15.4. The number of nitrogens with zero attached hydrogens (tertiary/aromatic N) is 5. The van der Waals surface area contributed by atoms with Crippen molar-refractivity contribution in [1.82, 2.24) is 14.5 Å². The third-order valence-corrected chi connectivity index (χ3v) is 8.29. The summed E-state index contributed by atoms with van der Waals surface area (Å²) in [6, 6.07) is 32.2. The molecule has 0 saturated carbocycles. The Morgan fingerprint density at radius 3 is 2.24 bits per heavy atom. The molecule has 0 saturated heterocycles. The van der Waals surface area contributed by atoms with E-state index in [0.29, 0.717) is 11.6 Å². The summed E-state index contributed by atoms with van der Waals surface area (Å²) in [4.78, 5) is 13.5. The molecule has 4 heterocycles. The number of ether oxygens (including phenoxy) is 1. The standard InChI is InChI=1S/C38H36N5O.Pt/c1-37(2,3)25-12-15-32-34(20-25)41(7)24-42(32)27-17-19-40-36(22-27)44-28-13-14-30-29-10-8-9-11-31(29)43(33(30)23-28)35-21-26(16-18-39-35)38(4,5)6;/h8-21,24H,1-7H3;/q-3;.